The Labute approximate surface area is 172 Å². The average Bonchev–Trinajstić information content (AvgIpc) is 3.09. The first-order valence-electron chi connectivity index (χ1n) is 9.01. The summed E-state index contributed by atoms with van der Waals surface area (Å²) in [6.45, 7) is 3.63. The van der Waals surface area contributed by atoms with Gasteiger partial charge in [-0.2, -0.15) is 0 Å². The van der Waals surface area contributed by atoms with E-state index in [-0.39, 0.29) is 23.0 Å². The minimum Gasteiger partial charge on any atom is -0.462 e. The summed E-state index contributed by atoms with van der Waals surface area (Å²) in [4.78, 5) is 28.8. The second kappa shape index (κ2) is 8.71. The molecule has 3 rings (SSSR count). The van der Waals surface area contributed by atoms with E-state index < -0.39 is 15.8 Å². The number of carbonyl (C=O) groups is 2. The van der Waals surface area contributed by atoms with Crippen LogP contribution in [0.25, 0.3) is 10.2 Å². The van der Waals surface area contributed by atoms with Gasteiger partial charge in [-0.3, -0.25) is 4.79 Å². The Kier molecular flexibility index (Phi) is 6.29. The van der Waals surface area contributed by atoms with E-state index in [4.69, 9.17) is 4.74 Å². The van der Waals surface area contributed by atoms with Gasteiger partial charge in [-0.15, -0.1) is 0 Å². The fourth-order valence-corrected chi connectivity index (χ4v) is 4.46. The molecule has 152 valence electrons. The van der Waals surface area contributed by atoms with Gasteiger partial charge in [-0.25, -0.2) is 18.2 Å². The van der Waals surface area contributed by atoms with E-state index in [1.165, 1.54) is 23.5 Å². The van der Waals surface area contributed by atoms with E-state index >= 15 is 0 Å². The molecule has 0 spiro atoms. The fraction of sp³-hybridized carbons (Fsp3) is 0.250. The van der Waals surface area contributed by atoms with Crippen LogP contribution in [0.5, 0.6) is 0 Å². The lowest BCUT2D eigenvalue weighted by atomic mass is 10.1. The number of amides is 1. The number of anilines is 1. The third-order valence-corrected chi connectivity index (χ3v) is 6.86. The fourth-order valence-electron chi connectivity index (χ4n) is 2.65. The first-order valence-corrected chi connectivity index (χ1v) is 11.5. The van der Waals surface area contributed by atoms with Crippen molar-refractivity contribution in [2.24, 2.45) is 0 Å². The van der Waals surface area contributed by atoms with Crippen molar-refractivity contribution in [3.05, 3.63) is 53.6 Å². The van der Waals surface area contributed by atoms with Crippen molar-refractivity contribution in [1.29, 1.82) is 0 Å². The van der Waals surface area contributed by atoms with Gasteiger partial charge in [0.2, 0.25) is 5.91 Å². The maximum absolute atomic E-state index is 12.3. The number of sulfone groups is 1. The number of benzene rings is 2. The number of ether oxygens (including phenoxy) is 1. The number of aromatic nitrogens is 1. The number of fused-ring (bicyclic) bond motifs is 1. The quantitative estimate of drug-likeness (QED) is 0.574. The lowest BCUT2D eigenvalue weighted by molar-refractivity contribution is -0.115. The Morgan fingerprint density at radius 1 is 1.10 bits per heavy atom. The smallest absolute Gasteiger partial charge is 0.338 e. The molecule has 2 aromatic carbocycles. The maximum atomic E-state index is 12.3. The molecule has 1 amide bonds. The highest BCUT2D eigenvalue weighted by Crippen LogP contribution is 2.27. The van der Waals surface area contributed by atoms with Gasteiger partial charge in [0.05, 0.1) is 39.5 Å². The van der Waals surface area contributed by atoms with Crippen LogP contribution in [0, 0.1) is 0 Å². The summed E-state index contributed by atoms with van der Waals surface area (Å²) < 4.78 is 29.4. The molecule has 1 heterocycles. The van der Waals surface area contributed by atoms with E-state index in [0.29, 0.717) is 28.4 Å². The molecule has 0 saturated carbocycles. The Balaban J connectivity index is 1.69. The Morgan fingerprint density at radius 2 is 1.83 bits per heavy atom. The number of nitrogens with zero attached hydrogens (tertiary/aromatic N) is 1. The number of thiazole rings is 1. The molecular weight excluding hydrogens is 412 g/mol. The zero-order valence-electron chi connectivity index (χ0n) is 16.0. The van der Waals surface area contributed by atoms with Gasteiger partial charge in [0.1, 0.15) is 0 Å². The van der Waals surface area contributed by atoms with E-state index in [0.717, 1.165) is 4.70 Å². The standard InChI is InChI=1S/C20H20N2O5S2/c1-3-27-19(24)14-7-10-16-17(12-14)28-20(21-16)22-18(23)11-13-5-8-15(9-6-13)29(25,26)4-2/h5-10,12H,3-4,11H2,1-2H3,(H,21,22,23). The minimum absolute atomic E-state index is 0.0301. The molecule has 0 aliphatic carbocycles. The van der Waals surface area contributed by atoms with Crippen LogP contribution in [0.3, 0.4) is 0 Å². The Bertz CT molecular complexity index is 1150. The van der Waals surface area contributed by atoms with Gasteiger partial charge in [0.15, 0.2) is 15.0 Å². The summed E-state index contributed by atoms with van der Waals surface area (Å²) in [5.74, 6) is -0.634. The predicted molar refractivity (Wildman–Crippen MR) is 112 cm³/mol. The Morgan fingerprint density at radius 3 is 2.48 bits per heavy atom. The molecule has 0 fully saturated rings. The van der Waals surface area contributed by atoms with Gasteiger partial charge < -0.3 is 10.1 Å². The van der Waals surface area contributed by atoms with Crippen molar-refractivity contribution in [2.75, 3.05) is 17.7 Å². The average molecular weight is 433 g/mol. The monoisotopic (exact) mass is 432 g/mol. The normalized spacial score (nSPS) is 11.4. The summed E-state index contributed by atoms with van der Waals surface area (Å²) in [7, 11) is -3.26. The SMILES string of the molecule is CCOC(=O)c1ccc2nc(NC(=O)Cc3ccc(S(=O)(=O)CC)cc3)sc2c1. The lowest BCUT2D eigenvalue weighted by Gasteiger charge is -2.04. The molecule has 0 aliphatic rings. The molecule has 0 unspecified atom stereocenters. The largest absolute Gasteiger partial charge is 0.462 e. The van der Waals surface area contributed by atoms with Crippen molar-refractivity contribution < 1.29 is 22.7 Å². The second-order valence-corrected chi connectivity index (χ2v) is 9.50. The van der Waals surface area contributed by atoms with Crippen LogP contribution < -0.4 is 5.32 Å². The third kappa shape index (κ3) is 4.99. The highest BCUT2D eigenvalue weighted by Gasteiger charge is 2.14. The van der Waals surface area contributed by atoms with E-state index in [1.54, 1.807) is 44.2 Å². The molecule has 9 heteroatoms. The summed E-state index contributed by atoms with van der Waals surface area (Å²) in [5, 5.41) is 3.17. The predicted octanol–water partition coefficient (Wildman–Crippen LogP) is 3.45. The molecule has 0 aliphatic heterocycles. The van der Waals surface area contributed by atoms with Crippen molar-refractivity contribution in [3.63, 3.8) is 0 Å². The van der Waals surface area contributed by atoms with Gasteiger partial charge in [-0.1, -0.05) is 30.4 Å². The highest BCUT2D eigenvalue weighted by atomic mass is 32.2. The molecule has 3 aromatic rings. The summed E-state index contributed by atoms with van der Waals surface area (Å²) in [6, 6.07) is 11.3. The van der Waals surface area contributed by atoms with E-state index in [1.807, 2.05) is 0 Å². The summed E-state index contributed by atoms with van der Waals surface area (Å²) in [6.07, 6.45) is 0.0937. The highest BCUT2D eigenvalue weighted by molar-refractivity contribution is 7.91. The minimum atomic E-state index is -3.26. The van der Waals surface area contributed by atoms with Crippen molar-refractivity contribution >= 4 is 48.4 Å². The molecule has 0 saturated heterocycles. The zero-order valence-corrected chi connectivity index (χ0v) is 17.6. The molecule has 1 N–H and O–H groups in total. The van der Waals surface area contributed by atoms with Crippen LogP contribution in [0.15, 0.2) is 47.4 Å². The molecule has 29 heavy (non-hydrogen) atoms. The summed E-state index contributed by atoms with van der Waals surface area (Å²) >= 11 is 1.26. The number of carbonyl (C=O) groups excluding carboxylic acids is 2. The van der Waals surface area contributed by atoms with Gasteiger partial charge in [0.25, 0.3) is 0 Å². The Hall–Kier alpha value is -2.78. The molecule has 1 aromatic heterocycles. The van der Waals surface area contributed by atoms with Crippen LogP contribution in [-0.4, -0.2) is 37.6 Å². The van der Waals surface area contributed by atoms with Crippen LogP contribution in [0.2, 0.25) is 0 Å². The number of nitrogens with one attached hydrogen (secondary N) is 1. The first-order chi connectivity index (χ1) is 13.8. The number of hydrogen-bond acceptors (Lipinski definition) is 7. The molecular formula is C20H20N2O5S2. The van der Waals surface area contributed by atoms with Crippen molar-refractivity contribution in [2.45, 2.75) is 25.2 Å². The van der Waals surface area contributed by atoms with Crippen LogP contribution in [-0.2, 0) is 25.8 Å². The molecule has 0 radical (unpaired) electrons. The topological polar surface area (TPSA) is 102 Å². The number of esters is 1. The van der Waals surface area contributed by atoms with Gasteiger partial charge >= 0.3 is 5.97 Å². The molecule has 0 atom stereocenters. The molecule has 7 nitrogen and oxygen atoms in total. The van der Waals surface area contributed by atoms with E-state index in [9.17, 15) is 18.0 Å². The maximum Gasteiger partial charge on any atom is 0.338 e. The van der Waals surface area contributed by atoms with Crippen molar-refractivity contribution in [1.82, 2.24) is 4.98 Å². The summed E-state index contributed by atoms with van der Waals surface area (Å²) in [5.41, 5.74) is 1.80. The van der Waals surface area contributed by atoms with Crippen LogP contribution >= 0.6 is 11.3 Å². The third-order valence-electron chi connectivity index (χ3n) is 4.17. The number of hydrogen-bond donors (Lipinski definition) is 1. The zero-order chi connectivity index (χ0) is 21.0. The number of rotatable bonds is 7. The lowest BCUT2D eigenvalue weighted by Crippen LogP contribution is -2.14. The molecule has 0 bridgehead atoms. The second-order valence-electron chi connectivity index (χ2n) is 6.19. The van der Waals surface area contributed by atoms with Crippen LogP contribution in [0.1, 0.15) is 29.8 Å². The first kappa shape index (κ1) is 20.9. The van der Waals surface area contributed by atoms with Crippen LogP contribution in [0.4, 0.5) is 5.13 Å². The van der Waals surface area contributed by atoms with E-state index in [2.05, 4.69) is 10.3 Å². The van der Waals surface area contributed by atoms with Gasteiger partial charge in [-0.05, 0) is 42.8 Å². The van der Waals surface area contributed by atoms with Crippen molar-refractivity contribution in [3.8, 4) is 0 Å². The van der Waals surface area contributed by atoms with Gasteiger partial charge in [0, 0.05) is 0 Å².